The Morgan fingerprint density at radius 3 is 2.39 bits per heavy atom. The van der Waals surface area contributed by atoms with E-state index in [1.165, 1.54) is 6.92 Å². The number of nitrogens with zero attached hydrogens (tertiary/aromatic N) is 1. The van der Waals surface area contributed by atoms with Gasteiger partial charge in [-0.25, -0.2) is 8.78 Å². The van der Waals surface area contributed by atoms with E-state index in [-0.39, 0.29) is 12.0 Å². The number of aromatic nitrogens is 1. The van der Waals surface area contributed by atoms with Crippen molar-refractivity contribution < 1.29 is 13.9 Å². The summed E-state index contributed by atoms with van der Waals surface area (Å²) >= 11 is 0. The molecule has 2 nitrogen and oxygen atoms in total. The Balaban J connectivity index is 2.30. The van der Waals surface area contributed by atoms with Gasteiger partial charge in [-0.3, -0.25) is 4.98 Å². The summed E-state index contributed by atoms with van der Waals surface area (Å²) < 4.78 is 26.3. The second kappa shape index (κ2) is 4.82. The third kappa shape index (κ3) is 2.90. The molecule has 0 aliphatic carbocycles. The van der Waals surface area contributed by atoms with Crippen molar-refractivity contribution in [2.75, 3.05) is 0 Å². The second-order valence-electron chi connectivity index (χ2n) is 4.43. The second-order valence-corrected chi connectivity index (χ2v) is 4.43. The number of rotatable bonds is 3. The lowest BCUT2D eigenvalue weighted by Crippen LogP contribution is -2.25. The number of hydrogen-bond donors (Lipinski definition) is 1. The minimum absolute atomic E-state index is 0.191. The first-order valence-electron chi connectivity index (χ1n) is 5.56. The van der Waals surface area contributed by atoms with Crippen molar-refractivity contribution in [1.29, 1.82) is 0 Å². The van der Waals surface area contributed by atoms with Crippen LogP contribution in [-0.4, -0.2) is 10.1 Å². The van der Waals surface area contributed by atoms with Crippen LogP contribution in [0.4, 0.5) is 8.78 Å². The molecule has 0 saturated heterocycles. The van der Waals surface area contributed by atoms with Gasteiger partial charge in [-0.2, -0.15) is 0 Å². The SMILES string of the molecule is CC(O)(Cc1ccccn1)c1cc(F)cc(F)c1. The molecule has 1 aromatic heterocycles. The van der Waals surface area contributed by atoms with E-state index in [2.05, 4.69) is 4.98 Å². The van der Waals surface area contributed by atoms with Gasteiger partial charge in [0.15, 0.2) is 0 Å². The van der Waals surface area contributed by atoms with Crippen LogP contribution in [0.1, 0.15) is 18.2 Å². The molecule has 2 rings (SSSR count). The number of aliphatic hydroxyl groups is 1. The Morgan fingerprint density at radius 1 is 1.17 bits per heavy atom. The average molecular weight is 249 g/mol. The van der Waals surface area contributed by atoms with Gasteiger partial charge >= 0.3 is 0 Å². The van der Waals surface area contributed by atoms with Crippen LogP contribution in [0.3, 0.4) is 0 Å². The number of pyridine rings is 1. The Morgan fingerprint density at radius 2 is 1.83 bits per heavy atom. The van der Waals surface area contributed by atoms with Crippen LogP contribution in [0.5, 0.6) is 0 Å². The number of hydrogen-bond acceptors (Lipinski definition) is 2. The molecule has 0 radical (unpaired) electrons. The van der Waals surface area contributed by atoms with E-state index in [0.717, 1.165) is 18.2 Å². The zero-order chi connectivity index (χ0) is 13.2. The summed E-state index contributed by atoms with van der Waals surface area (Å²) in [7, 11) is 0. The van der Waals surface area contributed by atoms with E-state index in [1.54, 1.807) is 24.4 Å². The highest BCUT2D eigenvalue weighted by Crippen LogP contribution is 2.26. The predicted molar refractivity (Wildman–Crippen MR) is 63.9 cm³/mol. The lowest BCUT2D eigenvalue weighted by molar-refractivity contribution is 0.0559. The topological polar surface area (TPSA) is 33.1 Å². The zero-order valence-corrected chi connectivity index (χ0v) is 9.90. The molecule has 2 aromatic rings. The van der Waals surface area contributed by atoms with Crippen LogP contribution in [0.2, 0.25) is 0 Å². The molecule has 0 saturated carbocycles. The van der Waals surface area contributed by atoms with Gasteiger partial charge in [0.05, 0.1) is 5.60 Å². The summed E-state index contributed by atoms with van der Waals surface area (Å²) in [6, 6.07) is 8.35. The van der Waals surface area contributed by atoms with E-state index < -0.39 is 17.2 Å². The molecule has 94 valence electrons. The number of halogens is 2. The average Bonchev–Trinajstić information content (AvgIpc) is 2.28. The van der Waals surface area contributed by atoms with Crippen LogP contribution in [0.15, 0.2) is 42.6 Å². The molecule has 18 heavy (non-hydrogen) atoms. The molecule has 1 aromatic carbocycles. The highest BCUT2D eigenvalue weighted by molar-refractivity contribution is 5.25. The van der Waals surface area contributed by atoms with Crippen LogP contribution >= 0.6 is 0 Å². The first-order valence-corrected chi connectivity index (χ1v) is 5.56. The molecule has 1 heterocycles. The van der Waals surface area contributed by atoms with Crippen LogP contribution < -0.4 is 0 Å². The Bertz CT molecular complexity index is 520. The Kier molecular flexibility index (Phi) is 3.39. The van der Waals surface area contributed by atoms with E-state index in [9.17, 15) is 13.9 Å². The maximum Gasteiger partial charge on any atom is 0.126 e. The summed E-state index contributed by atoms with van der Waals surface area (Å²) in [4.78, 5) is 4.09. The smallest absolute Gasteiger partial charge is 0.126 e. The van der Waals surface area contributed by atoms with Crippen LogP contribution in [-0.2, 0) is 12.0 Å². The van der Waals surface area contributed by atoms with Crippen molar-refractivity contribution in [2.45, 2.75) is 18.9 Å². The van der Waals surface area contributed by atoms with E-state index in [1.807, 2.05) is 0 Å². The van der Waals surface area contributed by atoms with Gasteiger partial charge in [0.25, 0.3) is 0 Å². The third-order valence-corrected chi connectivity index (χ3v) is 2.74. The van der Waals surface area contributed by atoms with E-state index >= 15 is 0 Å². The van der Waals surface area contributed by atoms with Crippen LogP contribution in [0, 0.1) is 11.6 Å². The summed E-state index contributed by atoms with van der Waals surface area (Å²) in [6.07, 6.45) is 1.80. The van der Waals surface area contributed by atoms with Crippen molar-refractivity contribution in [1.82, 2.24) is 4.98 Å². The van der Waals surface area contributed by atoms with Crippen molar-refractivity contribution in [3.05, 3.63) is 65.5 Å². The molecular formula is C14H13F2NO. The normalized spacial score (nSPS) is 14.2. The maximum absolute atomic E-state index is 13.1. The lowest BCUT2D eigenvalue weighted by Gasteiger charge is -2.23. The highest BCUT2D eigenvalue weighted by atomic mass is 19.1. The summed E-state index contributed by atoms with van der Waals surface area (Å²) in [6.45, 7) is 1.51. The Labute approximate surface area is 104 Å². The minimum atomic E-state index is -1.36. The molecule has 1 unspecified atom stereocenters. The first-order chi connectivity index (χ1) is 8.47. The van der Waals surface area contributed by atoms with E-state index in [0.29, 0.717) is 5.69 Å². The quantitative estimate of drug-likeness (QED) is 0.907. The van der Waals surface area contributed by atoms with Crippen molar-refractivity contribution >= 4 is 0 Å². The van der Waals surface area contributed by atoms with Crippen molar-refractivity contribution in [3.63, 3.8) is 0 Å². The van der Waals surface area contributed by atoms with Gasteiger partial charge in [0.2, 0.25) is 0 Å². The lowest BCUT2D eigenvalue weighted by atomic mass is 9.91. The molecular weight excluding hydrogens is 236 g/mol. The van der Waals surface area contributed by atoms with Gasteiger partial charge in [-0.1, -0.05) is 6.07 Å². The monoisotopic (exact) mass is 249 g/mol. The van der Waals surface area contributed by atoms with Crippen molar-refractivity contribution in [2.24, 2.45) is 0 Å². The van der Waals surface area contributed by atoms with Gasteiger partial charge < -0.3 is 5.11 Å². The van der Waals surface area contributed by atoms with E-state index in [4.69, 9.17) is 0 Å². The van der Waals surface area contributed by atoms with Gasteiger partial charge in [0, 0.05) is 24.4 Å². The fourth-order valence-electron chi connectivity index (χ4n) is 1.82. The standard InChI is InChI=1S/C14H13F2NO/c1-14(18,9-13-4-2-3-5-17-13)10-6-11(15)8-12(16)7-10/h2-8,18H,9H2,1H3. The maximum atomic E-state index is 13.1. The molecule has 0 spiro atoms. The fraction of sp³-hybridized carbons (Fsp3) is 0.214. The molecule has 0 fully saturated rings. The molecule has 4 heteroatoms. The largest absolute Gasteiger partial charge is 0.385 e. The van der Waals surface area contributed by atoms with Gasteiger partial charge in [0.1, 0.15) is 11.6 Å². The fourth-order valence-corrected chi connectivity index (χ4v) is 1.82. The Hall–Kier alpha value is -1.81. The van der Waals surface area contributed by atoms with Crippen molar-refractivity contribution in [3.8, 4) is 0 Å². The highest BCUT2D eigenvalue weighted by Gasteiger charge is 2.25. The van der Waals surface area contributed by atoms with Crippen LogP contribution in [0.25, 0.3) is 0 Å². The molecule has 0 bridgehead atoms. The number of benzene rings is 1. The molecule has 0 aliphatic rings. The molecule has 1 atom stereocenters. The van der Waals surface area contributed by atoms with Gasteiger partial charge in [-0.05, 0) is 36.8 Å². The van der Waals surface area contributed by atoms with Gasteiger partial charge in [-0.15, -0.1) is 0 Å². The third-order valence-electron chi connectivity index (χ3n) is 2.74. The molecule has 0 amide bonds. The zero-order valence-electron chi connectivity index (χ0n) is 9.90. The molecule has 1 N–H and O–H groups in total. The summed E-state index contributed by atoms with van der Waals surface area (Å²) in [5.74, 6) is -1.41. The predicted octanol–water partition coefficient (Wildman–Crippen LogP) is 2.81. The summed E-state index contributed by atoms with van der Waals surface area (Å²) in [5, 5.41) is 10.3. The minimum Gasteiger partial charge on any atom is -0.385 e. The molecule has 0 aliphatic heterocycles. The summed E-state index contributed by atoms with van der Waals surface area (Å²) in [5.41, 5.74) is -0.505. The first kappa shape index (κ1) is 12.6.